The molecule has 49 heavy (non-hydrogen) atoms. The predicted octanol–water partition coefficient (Wildman–Crippen LogP) is 5.40. The monoisotopic (exact) mass is 667 g/mol. The Morgan fingerprint density at radius 3 is 2.24 bits per heavy atom. The number of alkyl halides is 1. The summed E-state index contributed by atoms with van der Waals surface area (Å²) in [7, 11) is 5.14. The number of methoxy groups -OCH3 is 2. The molecule has 2 aromatic carbocycles. The number of benzene rings is 2. The van der Waals surface area contributed by atoms with Gasteiger partial charge in [-0.25, -0.2) is 4.39 Å². The number of hydrogen-bond donors (Lipinski definition) is 0. The second kappa shape index (κ2) is 13.8. The molecule has 1 saturated carbocycles. The lowest BCUT2D eigenvalue weighted by atomic mass is 9.89. The molecule has 3 aliphatic rings. The predicted molar refractivity (Wildman–Crippen MR) is 187 cm³/mol. The zero-order valence-corrected chi connectivity index (χ0v) is 29.4. The van der Waals surface area contributed by atoms with Crippen molar-refractivity contribution >= 4 is 5.91 Å². The molecule has 2 fully saturated rings. The Morgan fingerprint density at radius 2 is 1.65 bits per heavy atom. The molecule has 1 aliphatic carbocycles. The number of aromatic nitrogens is 1. The maximum Gasteiger partial charge on any atom is 0.264 e. The number of rotatable bonds is 9. The van der Waals surface area contributed by atoms with Gasteiger partial charge in [0.1, 0.15) is 28.8 Å². The summed E-state index contributed by atoms with van der Waals surface area (Å²) in [6, 6.07) is 12.1. The summed E-state index contributed by atoms with van der Waals surface area (Å²) in [5, 5.41) is 9.60. The van der Waals surface area contributed by atoms with Crippen molar-refractivity contribution in [2.75, 3.05) is 46.9 Å². The highest BCUT2D eigenvalue weighted by Gasteiger charge is 2.43. The molecular weight excluding hydrogens is 621 g/mol. The molecule has 258 valence electrons. The van der Waals surface area contributed by atoms with E-state index in [1.54, 1.807) is 30.7 Å². The third kappa shape index (κ3) is 6.87. The summed E-state index contributed by atoms with van der Waals surface area (Å²) in [6.07, 6.45) is 4.55. The van der Waals surface area contributed by atoms with Crippen LogP contribution in [0, 0.1) is 25.2 Å². The third-order valence-corrected chi connectivity index (χ3v) is 10.7. The number of amides is 1. The number of pyridine rings is 1. The van der Waals surface area contributed by atoms with Gasteiger partial charge in [0, 0.05) is 70.2 Å². The number of hydrogen-bond acceptors (Lipinski definition) is 7. The second-order valence-corrected chi connectivity index (χ2v) is 13.7. The number of halogens is 1. The van der Waals surface area contributed by atoms with Crippen LogP contribution in [-0.4, -0.2) is 77.8 Å². The summed E-state index contributed by atoms with van der Waals surface area (Å²) in [5.74, 6) is 1.13. The van der Waals surface area contributed by atoms with Gasteiger partial charge < -0.3 is 18.9 Å². The van der Waals surface area contributed by atoms with Crippen LogP contribution < -0.4 is 15.0 Å². The van der Waals surface area contributed by atoms with Gasteiger partial charge in [-0.3, -0.25) is 19.4 Å². The van der Waals surface area contributed by atoms with Crippen LogP contribution in [-0.2, 0) is 31.4 Å². The third-order valence-electron chi connectivity index (χ3n) is 10.7. The fourth-order valence-corrected chi connectivity index (χ4v) is 7.32. The van der Waals surface area contributed by atoms with Crippen molar-refractivity contribution in [1.82, 2.24) is 19.3 Å². The highest BCUT2D eigenvalue weighted by molar-refractivity contribution is 5.98. The van der Waals surface area contributed by atoms with Crippen LogP contribution in [0.3, 0.4) is 0 Å². The molecule has 6 rings (SSSR count). The summed E-state index contributed by atoms with van der Waals surface area (Å²) >= 11 is 0. The number of nitrogens with zero attached hydrogens (tertiary/aromatic N) is 5. The van der Waals surface area contributed by atoms with Crippen LogP contribution in [0.15, 0.2) is 53.0 Å². The molecule has 1 amide bonds. The maximum atomic E-state index is 14.4. The fraction of sp³-hybridized carbons (Fsp3) is 0.462. The van der Waals surface area contributed by atoms with Crippen molar-refractivity contribution in [1.29, 1.82) is 5.26 Å². The van der Waals surface area contributed by atoms with E-state index in [0.29, 0.717) is 32.4 Å². The van der Waals surface area contributed by atoms with Crippen LogP contribution in [0.2, 0.25) is 0 Å². The first kappa shape index (κ1) is 34.4. The van der Waals surface area contributed by atoms with Gasteiger partial charge in [0.05, 0.1) is 25.8 Å². The van der Waals surface area contributed by atoms with Crippen molar-refractivity contribution in [2.24, 2.45) is 7.05 Å². The molecule has 1 unspecified atom stereocenters. The number of nitriles is 1. The summed E-state index contributed by atoms with van der Waals surface area (Å²) in [4.78, 5) is 32.3. The molecule has 1 saturated heterocycles. The minimum atomic E-state index is -1.50. The number of fused-ring (bicyclic) bond motifs is 1. The molecule has 1 aromatic heterocycles. The van der Waals surface area contributed by atoms with Gasteiger partial charge in [-0.15, -0.1) is 0 Å². The Bertz CT molecular complexity index is 1870. The normalized spacial score (nSPS) is 19.3. The SMILES string of the molecule is COc1cc(-c2cn(C)c(=O)c(C)c2C)cc(OC)c1CN1CCN(Cc2cccc3c2CCN(C(=O)/C(C#N)=C/C2(F)CC2)C3C)CC1. The van der Waals surface area contributed by atoms with Gasteiger partial charge in [0.2, 0.25) is 0 Å². The first-order valence-electron chi connectivity index (χ1n) is 17.1. The smallest absolute Gasteiger partial charge is 0.264 e. The molecule has 0 spiro atoms. The average molecular weight is 668 g/mol. The number of allylic oxidation sites excluding steroid dienone is 1. The largest absolute Gasteiger partial charge is 0.496 e. The van der Waals surface area contributed by atoms with Crippen LogP contribution in [0.25, 0.3) is 11.1 Å². The lowest BCUT2D eigenvalue weighted by Crippen LogP contribution is -2.45. The van der Waals surface area contributed by atoms with Gasteiger partial charge in [-0.05, 0) is 86.1 Å². The zero-order valence-electron chi connectivity index (χ0n) is 29.4. The van der Waals surface area contributed by atoms with Gasteiger partial charge in [0.15, 0.2) is 0 Å². The van der Waals surface area contributed by atoms with Gasteiger partial charge in [0.25, 0.3) is 11.5 Å². The molecule has 0 bridgehead atoms. The molecule has 1 atom stereocenters. The molecule has 3 aromatic rings. The van der Waals surface area contributed by atoms with Crippen molar-refractivity contribution in [3.63, 3.8) is 0 Å². The van der Waals surface area contributed by atoms with Gasteiger partial charge in [-0.2, -0.15) is 5.26 Å². The van der Waals surface area contributed by atoms with Crippen LogP contribution in [0.1, 0.15) is 59.2 Å². The second-order valence-electron chi connectivity index (χ2n) is 13.7. The molecule has 9 nitrogen and oxygen atoms in total. The Labute approximate surface area is 288 Å². The molecule has 0 N–H and O–H groups in total. The lowest BCUT2D eigenvalue weighted by Gasteiger charge is -2.38. The van der Waals surface area contributed by atoms with E-state index in [1.165, 1.54) is 17.2 Å². The van der Waals surface area contributed by atoms with Crippen molar-refractivity contribution in [3.05, 3.63) is 91.9 Å². The molecule has 2 aliphatic heterocycles. The quantitative estimate of drug-likeness (QED) is 0.223. The number of carbonyl (C=O) groups is 1. The first-order valence-corrected chi connectivity index (χ1v) is 17.1. The van der Waals surface area contributed by atoms with E-state index in [4.69, 9.17) is 9.47 Å². The van der Waals surface area contributed by atoms with Crippen LogP contribution in [0.5, 0.6) is 11.5 Å². The molecule has 0 radical (unpaired) electrons. The Kier molecular flexibility index (Phi) is 9.70. The van der Waals surface area contributed by atoms with Crippen LogP contribution in [0.4, 0.5) is 4.39 Å². The summed E-state index contributed by atoms with van der Waals surface area (Å²) < 4.78 is 27.8. The molecule has 3 heterocycles. The minimum Gasteiger partial charge on any atom is -0.496 e. The van der Waals surface area contributed by atoms with E-state index in [0.717, 1.165) is 77.6 Å². The maximum absolute atomic E-state index is 14.4. The van der Waals surface area contributed by atoms with Gasteiger partial charge >= 0.3 is 0 Å². The summed E-state index contributed by atoms with van der Waals surface area (Å²) in [6.45, 7) is 11.4. The van der Waals surface area contributed by atoms with Crippen LogP contribution >= 0.6 is 0 Å². The van der Waals surface area contributed by atoms with Crippen molar-refractivity contribution in [3.8, 4) is 28.7 Å². The highest BCUT2D eigenvalue weighted by Crippen LogP contribution is 2.42. The topological polar surface area (TPSA) is 91.0 Å². The summed E-state index contributed by atoms with van der Waals surface area (Å²) in [5.41, 5.74) is 6.64. The zero-order chi connectivity index (χ0) is 35.0. The van der Waals surface area contributed by atoms with Crippen molar-refractivity contribution in [2.45, 2.75) is 64.8 Å². The lowest BCUT2D eigenvalue weighted by molar-refractivity contribution is -0.129. The first-order chi connectivity index (χ1) is 23.5. The number of piperazine rings is 1. The van der Waals surface area contributed by atoms with E-state index in [1.807, 2.05) is 45.2 Å². The van der Waals surface area contributed by atoms with Gasteiger partial charge in [-0.1, -0.05) is 18.2 Å². The van der Waals surface area contributed by atoms with E-state index in [9.17, 15) is 19.2 Å². The van der Waals surface area contributed by atoms with E-state index < -0.39 is 5.67 Å². The highest BCUT2D eigenvalue weighted by atomic mass is 19.1. The molecular formula is C39H46FN5O4. The molecule has 10 heteroatoms. The number of ether oxygens (including phenoxy) is 2. The average Bonchev–Trinajstić information content (AvgIpc) is 3.85. The van der Waals surface area contributed by atoms with Crippen molar-refractivity contribution < 1.29 is 18.7 Å². The van der Waals surface area contributed by atoms with E-state index in [-0.39, 0.29) is 23.1 Å². The van der Waals surface area contributed by atoms with E-state index in [2.05, 4.69) is 28.0 Å². The number of aryl methyl sites for hydroxylation is 1. The number of carbonyl (C=O) groups excluding carboxylic acids is 1. The standard InChI is InChI=1S/C39H46FN5O4/c1-25-26(2)37(46)42(4)23-33(25)29-18-35(48-5)34(36(19-29)49-6)24-44-16-14-43(15-17-44)22-28-8-7-9-31-27(3)45(13-10-32(28)31)38(47)30(21-41)20-39(40)11-12-39/h7-9,18-20,23,27H,10-17,22,24H2,1-6H3/b30-20+. The Balaban J connectivity index is 1.12. The Morgan fingerprint density at radius 1 is 1.02 bits per heavy atom. The minimum absolute atomic E-state index is 0.00115. The fourth-order valence-electron chi connectivity index (χ4n) is 7.32. The Hall–Kier alpha value is -4.46. The van der Waals surface area contributed by atoms with E-state index >= 15 is 0 Å².